The van der Waals surface area contributed by atoms with Crippen LogP contribution in [0.2, 0.25) is 0 Å². The van der Waals surface area contributed by atoms with Gasteiger partial charge in [-0.2, -0.15) is 0 Å². The van der Waals surface area contributed by atoms with E-state index in [-0.39, 0.29) is 5.92 Å². The van der Waals surface area contributed by atoms with Crippen LogP contribution in [0.15, 0.2) is 28.1 Å². The van der Waals surface area contributed by atoms with Crippen molar-refractivity contribution in [2.45, 2.75) is 57.5 Å². The molecule has 1 aromatic carbocycles. The van der Waals surface area contributed by atoms with Crippen molar-refractivity contribution < 1.29 is 9.53 Å². The number of rotatable bonds is 6. The van der Waals surface area contributed by atoms with Gasteiger partial charge >= 0.3 is 0 Å². The maximum Gasteiger partial charge on any atom is 0.223 e. The molecule has 1 saturated heterocycles. The summed E-state index contributed by atoms with van der Waals surface area (Å²) in [5, 5.41) is 6.45. The van der Waals surface area contributed by atoms with Crippen molar-refractivity contribution in [3.05, 3.63) is 33.7 Å². The molecular weight excluding hydrogens is 462 g/mol. The van der Waals surface area contributed by atoms with Crippen LogP contribution >= 0.6 is 27.3 Å². The van der Waals surface area contributed by atoms with E-state index in [2.05, 4.69) is 37.6 Å². The third-order valence-corrected chi connectivity index (χ3v) is 7.66. The number of benzene rings is 1. The standard InChI is InChI=1S/C23H30BrN3O2S/c1-29-21-8-7-17(24)13-20(21)23-26-19(15-30-23)14-27-11-9-18(10-12-27)25-22(28)16-5-3-2-4-6-16/h7-8,13,15-16,18H,2-6,9-12,14H2,1H3,(H,25,28). The predicted molar refractivity (Wildman–Crippen MR) is 125 cm³/mol. The quantitative estimate of drug-likeness (QED) is 0.599. The minimum atomic E-state index is 0.250. The number of ether oxygens (including phenoxy) is 1. The SMILES string of the molecule is COc1ccc(Br)cc1-c1nc(CN2CCC(NC(=O)C3CCCCC3)CC2)cs1. The summed E-state index contributed by atoms with van der Waals surface area (Å²) >= 11 is 5.20. The molecule has 1 amide bonds. The first-order valence-electron chi connectivity index (χ1n) is 10.9. The van der Waals surface area contributed by atoms with Gasteiger partial charge in [0.25, 0.3) is 0 Å². The highest BCUT2D eigenvalue weighted by Crippen LogP contribution is 2.34. The van der Waals surface area contributed by atoms with E-state index in [1.165, 1.54) is 19.3 Å². The Morgan fingerprint density at radius 1 is 1.23 bits per heavy atom. The second kappa shape index (κ2) is 10.2. The van der Waals surface area contributed by atoms with Crippen LogP contribution in [0.1, 0.15) is 50.6 Å². The van der Waals surface area contributed by atoms with Crippen LogP contribution in [-0.2, 0) is 11.3 Å². The number of piperidine rings is 1. The van der Waals surface area contributed by atoms with Gasteiger partial charge in [-0.05, 0) is 43.9 Å². The van der Waals surface area contributed by atoms with Crippen LogP contribution in [0.3, 0.4) is 0 Å². The van der Waals surface area contributed by atoms with Crippen molar-refractivity contribution in [1.82, 2.24) is 15.2 Å². The monoisotopic (exact) mass is 491 g/mol. The lowest BCUT2D eigenvalue weighted by molar-refractivity contribution is -0.127. The van der Waals surface area contributed by atoms with Crippen molar-refractivity contribution in [2.75, 3.05) is 20.2 Å². The Morgan fingerprint density at radius 3 is 2.73 bits per heavy atom. The van der Waals surface area contributed by atoms with Crippen molar-refractivity contribution in [2.24, 2.45) is 5.92 Å². The zero-order chi connectivity index (χ0) is 20.9. The zero-order valence-electron chi connectivity index (χ0n) is 17.5. The smallest absolute Gasteiger partial charge is 0.223 e. The second-order valence-corrected chi connectivity index (χ2v) is 10.2. The summed E-state index contributed by atoms with van der Waals surface area (Å²) < 4.78 is 6.52. The number of methoxy groups -OCH3 is 1. The molecule has 162 valence electrons. The molecule has 0 spiro atoms. The van der Waals surface area contributed by atoms with Gasteiger partial charge in [-0.3, -0.25) is 9.69 Å². The summed E-state index contributed by atoms with van der Waals surface area (Å²) in [7, 11) is 1.69. The molecule has 7 heteroatoms. The highest BCUT2D eigenvalue weighted by atomic mass is 79.9. The largest absolute Gasteiger partial charge is 0.496 e. The normalized spacial score (nSPS) is 19.0. The van der Waals surface area contributed by atoms with Gasteiger partial charge in [-0.1, -0.05) is 35.2 Å². The van der Waals surface area contributed by atoms with E-state index in [0.29, 0.717) is 11.9 Å². The summed E-state index contributed by atoms with van der Waals surface area (Å²) in [5.74, 6) is 1.38. The van der Waals surface area contributed by atoms with Crippen LogP contribution < -0.4 is 10.1 Å². The maximum atomic E-state index is 12.5. The van der Waals surface area contributed by atoms with E-state index in [1.807, 2.05) is 12.1 Å². The maximum absolute atomic E-state index is 12.5. The Balaban J connectivity index is 1.29. The lowest BCUT2D eigenvalue weighted by Gasteiger charge is -2.33. The van der Waals surface area contributed by atoms with Gasteiger partial charge in [0, 0.05) is 41.4 Å². The molecule has 2 aromatic rings. The van der Waals surface area contributed by atoms with Crippen LogP contribution in [0.5, 0.6) is 5.75 Å². The van der Waals surface area contributed by atoms with E-state index >= 15 is 0 Å². The number of carbonyl (C=O) groups is 1. The van der Waals surface area contributed by atoms with Gasteiger partial charge in [-0.15, -0.1) is 11.3 Å². The van der Waals surface area contributed by atoms with Gasteiger partial charge in [-0.25, -0.2) is 4.98 Å². The molecule has 1 aliphatic heterocycles. The van der Waals surface area contributed by atoms with E-state index in [4.69, 9.17) is 9.72 Å². The minimum Gasteiger partial charge on any atom is -0.496 e. The molecule has 1 N–H and O–H groups in total. The number of halogens is 1. The Hall–Kier alpha value is -1.44. The van der Waals surface area contributed by atoms with Gasteiger partial charge < -0.3 is 10.1 Å². The van der Waals surface area contributed by atoms with Crippen molar-refractivity contribution >= 4 is 33.2 Å². The minimum absolute atomic E-state index is 0.250. The number of nitrogens with zero attached hydrogens (tertiary/aromatic N) is 2. The Kier molecular flexibility index (Phi) is 7.44. The fourth-order valence-corrected chi connectivity index (χ4v) is 5.69. The van der Waals surface area contributed by atoms with Crippen LogP contribution in [0.25, 0.3) is 10.6 Å². The lowest BCUT2D eigenvalue weighted by Crippen LogP contribution is -2.46. The molecule has 0 unspecified atom stereocenters. The second-order valence-electron chi connectivity index (χ2n) is 8.38. The molecule has 5 nitrogen and oxygen atoms in total. The first-order chi connectivity index (χ1) is 14.6. The van der Waals surface area contributed by atoms with Crippen molar-refractivity contribution in [3.8, 4) is 16.3 Å². The summed E-state index contributed by atoms with van der Waals surface area (Å²) in [6.07, 6.45) is 7.88. The third-order valence-electron chi connectivity index (χ3n) is 6.24. The van der Waals surface area contributed by atoms with Crippen LogP contribution in [-0.4, -0.2) is 42.0 Å². The third kappa shape index (κ3) is 5.42. The van der Waals surface area contributed by atoms with Gasteiger partial charge in [0.05, 0.1) is 18.4 Å². The zero-order valence-corrected chi connectivity index (χ0v) is 19.9. The highest BCUT2D eigenvalue weighted by molar-refractivity contribution is 9.10. The number of carbonyl (C=O) groups excluding carboxylic acids is 1. The molecule has 2 heterocycles. The molecule has 1 saturated carbocycles. The highest BCUT2D eigenvalue weighted by Gasteiger charge is 2.26. The molecule has 0 bridgehead atoms. The molecule has 0 radical (unpaired) electrons. The molecule has 4 rings (SSSR count). The number of thiazole rings is 1. The first kappa shape index (κ1) is 21.8. The fraction of sp³-hybridized carbons (Fsp3) is 0.565. The molecule has 1 aliphatic carbocycles. The van der Waals surface area contributed by atoms with Crippen LogP contribution in [0.4, 0.5) is 0 Å². The molecule has 2 fully saturated rings. The topological polar surface area (TPSA) is 54.5 Å². The number of likely N-dealkylation sites (tertiary alicyclic amines) is 1. The van der Waals surface area contributed by atoms with Crippen LogP contribution in [0, 0.1) is 5.92 Å². The van der Waals surface area contributed by atoms with E-state index in [1.54, 1.807) is 18.4 Å². The lowest BCUT2D eigenvalue weighted by atomic mass is 9.88. The first-order valence-corrected chi connectivity index (χ1v) is 12.6. The summed E-state index contributed by atoms with van der Waals surface area (Å²) in [5.41, 5.74) is 2.12. The Morgan fingerprint density at radius 2 is 2.00 bits per heavy atom. The molecule has 30 heavy (non-hydrogen) atoms. The Bertz CT molecular complexity index is 858. The van der Waals surface area contributed by atoms with E-state index < -0.39 is 0 Å². The van der Waals surface area contributed by atoms with E-state index in [9.17, 15) is 4.79 Å². The van der Waals surface area contributed by atoms with Crippen molar-refractivity contribution in [3.63, 3.8) is 0 Å². The molecule has 2 aliphatic rings. The summed E-state index contributed by atoms with van der Waals surface area (Å²) in [4.78, 5) is 19.8. The average Bonchev–Trinajstić information content (AvgIpc) is 3.24. The number of hydrogen-bond acceptors (Lipinski definition) is 5. The Labute approximate surface area is 191 Å². The fourth-order valence-electron chi connectivity index (χ4n) is 4.50. The van der Waals surface area contributed by atoms with E-state index in [0.717, 1.165) is 71.8 Å². The number of amides is 1. The van der Waals surface area contributed by atoms with Gasteiger partial charge in [0.2, 0.25) is 5.91 Å². The predicted octanol–water partition coefficient (Wildman–Crippen LogP) is 5.24. The van der Waals surface area contributed by atoms with Gasteiger partial charge in [0.1, 0.15) is 10.8 Å². The average molecular weight is 492 g/mol. The molecular formula is C23H30BrN3O2S. The number of nitrogens with one attached hydrogen (secondary N) is 1. The summed E-state index contributed by atoms with van der Waals surface area (Å²) in [6, 6.07) is 6.33. The van der Waals surface area contributed by atoms with Crippen molar-refractivity contribution in [1.29, 1.82) is 0 Å². The number of aromatic nitrogens is 1. The molecule has 0 atom stereocenters. The number of hydrogen-bond donors (Lipinski definition) is 1. The van der Waals surface area contributed by atoms with Gasteiger partial charge in [0.15, 0.2) is 0 Å². The molecule has 1 aromatic heterocycles. The summed E-state index contributed by atoms with van der Waals surface area (Å²) in [6.45, 7) is 2.86.